The Balaban J connectivity index is 0.000000963. The van der Waals surface area contributed by atoms with Crippen LogP contribution in [0.15, 0.2) is 12.4 Å². The Morgan fingerprint density at radius 3 is 2.88 bits per heavy atom. The zero-order valence-corrected chi connectivity index (χ0v) is 9.24. The minimum absolute atomic E-state index is 0. The molecule has 0 unspecified atom stereocenters. The lowest BCUT2D eigenvalue weighted by Gasteiger charge is -2.01. The van der Waals surface area contributed by atoms with E-state index in [4.69, 9.17) is 11.0 Å². The standard InChI is InChI=1S/C10H9N5.ClH/c11-4-9-7(12)3-8-10(14-9)15(5-13-8)6-1-2-6;/h3,5-6H,1-2,12H2;1H. The van der Waals surface area contributed by atoms with Gasteiger partial charge in [0.2, 0.25) is 0 Å². The lowest BCUT2D eigenvalue weighted by molar-refractivity contribution is 0.757. The van der Waals surface area contributed by atoms with Gasteiger partial charge in [-0.15, -0.1) is 12.4 Å². The highest BCUT2D eigenvalue weighted by molar-refractivity contribution is 5.85. The Labute approximate surface area is 98.3 Å². The summed E-state index contributed by atoms with van der Waals surface area (Å²) in [5.41, 5.74) is 7.87. The number of imidazole rings is 1. The molecule has 0 radical (unpaired) electrons. The second kappa shape index (κ2) is 3.65. The van der Waals surface area contributed by atoms with Crippen molar-refractivity contribution in [1.29, 1.82) is 5.26 Å². The normalized spacial score (nSPS) is 14.4. The molecule has 1 aliphatic rings. The summed E-state index contributed by atoms with van der Waals surface area (Å²) >= 11 is 0. The minimum atomic E-state index is 0. The van der Waals surface area contributed by atoms with Gasteiger partial charge in [-0.25, -0.2) is 9.97 Å². The number of pyridine rings is 1. The number of nitrogens with zero attached hydrogens (tertiary/aromatic N) is 4. The number of nitrogen functional groups attached to an aromatic ring is 1. The third-order valence-electron chi connectivity index (χ3n) is 2.62. The van der Waals surface area contributed by atoms with Crippen molar-refractivity contribution in [3.63, 3.8) is 0 Å². The van der Waals surface area contributed by atoms with Gasteiger partial charge in [0.15, 0.2) is 11.3 Å². The van der Waals surface area contributed by atoms with Crippen LogP contribution in [0, 0.1) is 11.3 Å². The first-order valence-electron chi connectivity index (χ1n) is 4.83. The maximum Gasteiger partial charge on any atom is 0.165 e. The molecule has 16 heavy (non-hydrogen) atoms. The lowest BCUT2D eigenvalue weighted by Crippen LogP contribution is -1.98. The van der Waals surface area contributed by atoms with Crippen LogP contribution in [0.1, 0.15) is 24.6 Å². The number of fused-ring (bicyclic) bond motifs is 1. The number of nitrogens with two attached hydrogens (primary N) is 1. The van der Waals surface area contributed by atoms with Gasteiger partial charge in [0, 0.05) is 6.04 Å². The minimum Gasteiger partial charge on any atom is -0.396 e. The molecule has 0 saturated heterocycles. The molecule has 2 aromatic rings. The van der Waals surface area contributed by atoms with E-state index < -0.39 is 0 Å². The van der Waals surface area contributed by atoms with Crippen molar-refractivity contribution in [2.24, 2.45) is 0 Å². The molecule has 0 spiro atoms. The molecule has 3 rings (SSSR count). The van der Waals surface area contributed by atoms with Crippen molar-refractivity contribution < 1.29 is 0 Å². The Bertz CT molecular complexity index is 579. The zero-order chi connectivity index (χ0) is 10.4. The first-order chi connectivity index (χ1) is 7.29. The molecule has 5 nitrogen and oxygen atoms in total. The monoisotopic (exact) mass is 235 g/mol. The van der Waals surface area contributed by atoms with Gasteiger partial charge in [-0.3, -0.25) is 0 Å². The fourth-order valence-corrected chi connectivity index (χ4v) is 1.68. The molecule has 2 heterocycles. The highest BCUT2D eigenvalue weighted by Gasteiger charge is 2.25. The van der Waals surface area contributed by atoms with E-state index in [2.05, 4.69) is 9.97 Å². The Morgan fingerprint density at radius 2 is 2.25 bits per heavy atom. The number of nitriles is 1. The molecule has 2 aromatic heterocycles. The van der Waals surface area contributed by atoms with Crippen LogP contribution < -0.4 is 5.73 Å². The van der Waals surface area contributed by atoms with Crippen molar-refractivity contribution in [2.75, 3.05) is 5.73 Å². The van der Waals surface area contributed by atoms with Crippen molar-refractivity contribution in [1.82, 2.24) is 14.5 Å². The van der Waals surface area contributed by atoms with E-state index in [1.165, 1.54) is 12.8 Å². The Kier molecular flexibility index (Phi) is 2.44. The number of anilines is 1. The van der Waals surface area contributed by atoms with Crippen LogP contribution in [0.3, 0.4) is 0 Å². The largest absolute Gasteiger partial charge is 0.396 e. The highest BCUT2D eigenvalue weighted by atomic mass is 35.5. The molecule has 6 heteroatoms. The van der Waals surface area contributed by atoms with Crippen LogP contribution in [0.5, 0.6) is 0 Å². The summed E-state index contributed by atoms with van der Waals surface area (Å²) in [5.74, 6) is 0. The third-order valence-corrected chi connectivity index (χ3v) is 2.62. The Hall–Kier alpha value is -1.80. The molecule has 1 fully saturated rings. The number of halogens is 1. The van der Waals surface area contributed by atoms with Gasteiger partial charge < -0.3 is 10.3 Å². The molecule has 1 aliphatic carbocycles. The summed E-state index contributed by atoms with van der Waals surface area (Å²) in [6, 6.07) is 4.21. The average molecular weight is 236 g/mol. The first kappa shape index (κ1) is 10.7. The van der Waals surface area contributed by atoms with Crippen LogP contribution in [0.4, 0.5) is 5.69 Å². The number of hydrogen-bond acceptors (Lipinski definition) is 4. The van der Waals surface area contributed by atoms with Gasteiger partial charge in [-0.1, -0.05) is 0 Å². The van der Waals surface area contributed by atoms with Gasteiger partial charge in [-0.05, 0) is 18.9 Å². The van der Waals surface area contributed by atoms with Gasteiger partial charge in [0.1, 0.15) is 11.6 Å². The second-order valence-corrected chi connectivity index (χ2v) is 3.76. The molecule has 0 aromatic carbocycles. The quantitative estimate of drug-likeness (QED) is 0.815. The average Bonchev–Trinajstić information content (AvgIpc) is 2.99. The molecule has 0 amide bonds. The van der Waals surface area contributed by atoms with Gasteiger partial charge in [0.25, 0.3) is 0 Å². The summed E-state index contributed by atoms with van der Waals surface area (Å²) in [6.45, 7) is 0. The van der Waals surface area contributed by atoms with Gasteiger partial charge >= 0.3 is 0 Å². The first-order valence-corrected chi connectivity index (χ1v) is 4.83. The highest BCUT2D eigenvalue weighted by Crippen LogP contribution is 2.36. The summed E-state index contributed by atoms with van der Waals surface area (Å²) in [5, 5.41) is 8.84. The summed E-state index contributed by atoms with van der Waals surface area (Å²) in [7, 11) is 0. The molecular weight excluding hydrogens is 226 g/mol. The van der Waals surface area contributed by atoms with Crippen LogP contribution in [-0.4, -0.2) is 14.5 Å². The fourth-order valence-electron chi connectivity index (χ4n) is 1.68. The molecular formula is C10H10ClN5. The van der Waals surface area contributed by atoms with Crippen molar-refractivity contribution >= 4 is 29.3 Å². The maximum absolute atomic E-state index is 8.84. The smallest absolute Gasteiger partial charge is 0.165 e. The predicted molar refractivity (Wildman–Crippen MR) is 62.2 cm³/mol. The van der Waals surface area contributed by atoms with E-state index in [1.54, 1.807) is 12.4 Å². The summed E-state index contributed by atoms with van der Waals surface area (Å²) in [4.78, 5) is 8.46. The molecule has 0 bridgehead atoms. The zero-order valence-electron chi connectivity index (χ0n) is 8.42. The predicted octanol–water partition coefficient (Wildman–Crippen LogP) is 1.64. The maximum atomic E-state index is 8.84. The van der Waals surface area contributed by atoms with Gasteiger partial charge in [0.05, 0.1) is 12.0 Å². The van der Waals surface area contributed by atoms with E-state index >= 15 is 0 Å². The second-order valence-electron chi connectivity index (χ2n) is 3.76. The van der Waals surface area contributed by atoms with Crippen LogP contribution in [-0.2, 0) is 0 Å². The van der Waals surface area contributed by atoms with Crippen molar-refractivity contribution in [3.8, 4) is 6.07 Å². The number of rotatable bonds is 1. The van der Waals surface area contributed by atoms with E-state index in [9.17, 15) is 0 Å². The molecule has 2 N–H and O–H groups in total. The van der Waals surface area contributed by atoms with E-state index in [-0.39, 0.29) is 18.1 Å². The fraction of sp³-hybridized carbons (Fsp3) is 0.300. The lowest BCUT2D eigenvalue weighted by atomic mass is 10.3. The molecule has 0 aliphatic heterocycles. The summed E-state index contributed by atoms with van der Waals surface area (Å²) in [6.07, 6.45) is 4.11. The van der Waals surface area contributed by atoms with Crippen LogP contribution in [0.25, 0.3) is 11.2 Å². The van der Waals surface area contributed by atoms with E-state index in [0.29, 0.717) is 11.7 Å². The topological polar surface area (TPSA) is 80.5 Å². The molecule has 82 valence electrons. The van der Waals surface area contributed by atoms with Crippen molar-refractivity contribution in [2.45, 2.75) is 18.9 Å². The molecule has 1 saturated carbocycles. The van der Waals surface area contributed by atoms with Gasteiger partial charge in [-0.2, -0.15) is 5.26 Å². The van der Waals surface area contributed by atoms with Crippen LogP contribution in [0.2, 0.25) is 0 Å². The van der Waals surface area contributed by atoms with Crippen LogP contribution >= 0.6 is 12.4 Å². The SMILES string of the molecule is Cl.N#Cc1nc2c(cc1N)ncn2C1CC1. The molecule has 0 atom stereocenters. The van der Waals surface area contributed by atoms with E-state index in [1.807, 2.05) is 10.6 Å². The Morgan fingerprint density at radius 1 is 1.50 bits per heavy atom. The third kappa shape index (κ3) is 1.48. The van der Waals surface area contributed by atoms with Crippen molar-refractivity contribution in [3.05, 3.63) is 18.1 Å². The van der Waals surface area contributed by atoms with E-state index in [0.717, 1.165) is 11.2 Å². The number of hydrogen-bond donors (Lipinski definition) is 1. The summed E-state index contributed by atoms with van der Waals surface area (Å²) < 4.78 is 2.02. The number of aromatic nitrogens is 3.